The maximum absolute atomic E-state index is 12.6. The summed E-state index contributed by atoms with van der Waals surface area (Å²) < 4.78 is 43.2. The second-order valence-electron chi connectivity index (χ2n) is 6.55. The van der Waals surface area contributed by atoms with E-state index in [4.69, 9.17) is 4.74 Å². The van der Waals surface area contributed by atoms with Crippen LogP contribution in [0.4, 0.5) is 13.2 Å². The van der Waals surface area contributed by atoms with Crippen molar-refractivity contribution in [1.82, 2.24) is 5.32 Å². The molecule has 0 fully saturated rings. The first-order chi connectivity index (χ1) is 13.7. The van der Waals surface area contributed by atoms with Crippen LogP contribution in [0.2, 0.25) is 0 Å². The van der Waals surface area contributed by atoms with Crippen LogP contribution in [-0.4, -0.2) is 24.1 Å². The van der Waals surface area contributed by atoms with E-state index in [1.54, 1.807) is 25.1 Å². The van der Waals surface area contributed by atoms with E-state index in [0.717, 1.165) is 29.8 Å². The van der Waals surface area contributed by atoms with Crippen LogP contribution in [0.15, 0.2) is 42.5 Å². The van der Waals surface area contributed by atoms with Crippen LogP contribution in [0.25, 0.3) is 0 Å². The van der Waals surface area contributed by atoms with Crippen molar-refractivity contribution >= 4 is 11.9 Å². The van der Waals surface area contributed by atoms with Crippen molar-refractivity contribution in [1.29, 1.82) is 0 Å². The van der Waals surface area contributed by atoms with Gasteiger partial charge in [-0.25, -0.2) is 0 Å². The first-order valence-electron chi connectivity index (χ1n) is 8.99. The number of benzene rings is 2. The maximum atomic E-state index is 12.6. The standard InChI is InChI=1S/C21H22F3NO4/c1-3-14(20(27)28)10-13-4-9-18(29-2)16(11-13)12-25-19(26)15-5-7-17(8-6-15)21(22,23)24/h4-9,11,14H,3,10,12H2,1-2H3,(H,25,26)(H,27,28). The Balaban J connectivity index is 2.11. The van der Waals surface area contributed by atoms with Crippen LogP contribution in [0.1, 0.15) is 40.4 Å². The molecule has 0 aliphatic rings. The van der Waals surface area contributed by atoms with Crippen molar-refractivity contribution in [2.24, 2.45) is 5.92 Å². The first kappa shape index (κ1) is 22.3. The lowest BCUT2D eigenvalue weighted by atomic mass is 9.95. The predicted octanol–water partition coefficient (Wildman–Crippen LogP) is 4.30. The molecule has 1 amide bonds. The van der Waals surface area contributed by atoms with E-state index in [0.29, 0.717) is 24.2 Å². The van der Waals surface area contributed by atoms with Gasteiger partial charge < -0.3 is 15.2 Å². The van der Waals surface area contributed by atoms with Crippen molar-refractivity contribution in [3.63, 3.8) is 0 Å². The molecule has 0 aliphatic heterocycles. The van der Waals surface area contributed by atoms with Crippen molar-refractivity contribution in [2.75, 3.05) is 7.11 Å². The molecule has 0 saturated heterocycles. The number of rotatable bonds is 8. The number of carboxylic acids is 1. The number of halogens is 3. The van der Waals surface area contributed by atoms with Gasteiger partial charge in [-0.2, -0.15) is 13.2 Å². The molecular weight excluding hydrogens is 387 g/mol. The Morgan fingerprint density at radius 3 is 2.31 bits per heavy atom. The van der Waals surface area contributed by atoms with Crippen molar-refractivity contribution < 1.29 is 32.6 Å². The lowest BCUT2D eigenvalue weighted by molar-refractivity contribution is -0.141. The Kier molecular flexibility index (Phi) is 7.25. The molecule has 2 rings (SSSR count). The molecule has 0 saturated carbocycles. The molecule has 2 aromatic rings. The summed E-state index contributed by atoms with van der Waals surface area (Å²) in [6, 6.07) is 9.17. The minimum atomic E-state index is -4.46. The Morgan fingerprint density at radius 1 is 1.14 bits per heavy atom. The van der Waals surface area contributed by atoms with Crippen molar-refractivity contribution in [3.8, 4) is 5.75 Å². The minimum absolute atomic E-state index is 0.0841. The van der Waals surface area contributed by atoms with Crippen molar-refractivity contribution in [3.05, 3.63) is 64.7 Å². The number of carbonyl (C=O) groups excluding carboxylic acids is 1. The van der Waals surface area contributed by atoms with Gasteiger partial charge in [-0.3, -0.25) is 9.59 Å². The zero-order valence-corrected chi connectivity index (χ0v) is 16.0. The fraction of sp³-hybridized carbons (Fsp3) is 0.333. The third kappa shape index (κ3) is 5.97. The van der Waals surface area contributed by atoms with Gasteiger partial charge in [0.1, 0.15) is 5.75 Å². The molecule has 8 heteroatoms. The van der Waals surface area contributed by atoms with E-state index in [2.05, 4.69) is 5.32 Å². The van der Waals surface area contributed by atoms with Crippen molar-refractivity contribution in [2.45, 2.75) is 32.5 Å². The van der Waals surface area contributed by atoms with Gasteiger partial charge in [0, 0.05) is 17.7 Å². The molecule has 0 heterocycles. The normalized spacial score (nSPS) is 12.3. The number of amides is 1. The highest BCUT2D eigenvalue weighted by Gasteiger charge is 2.30. The number of carboxylic acid groups (broad SMARTS) is 1. The van der Waals surface area contributed by atoms with Crippen LogP contribution in [0.3, 0.4) is 0 Å². The zero-order valence-electron chi connectivity index (χ0n) is 16.0. The Morgan fingerprint density at radius 2 is 1.79 bits per heavy atom. The van der Waals surface area contributed by atoms with Crippen LogP contribution in [-0.2, 0) is 23.9 Å². The third-order valence-corrected chi connectivity index (χ3v) is 4.58. The molecule has 1 atom stereocenters. The quantitative estimate of drug-likeness (QED) is 0.682. The van der Waals surface area contributed by atoms with E-state index < -0.39 is 29.5 Å². The van der Waals surface area contributed by atoms with Crippen LogP contribution >= 0.6 is 0 Å². The molecule has 0 radical (unpaired) electrons. The molecular formula is C21H22F3NO4. The number of aliphatic carboxylic acids is 1. The molecule has 156 valence electrons. The average molecular weight is 409 g/mol. The zero-order chi connectivity index (χ0) is 21.6. The smallest absolute Gasteiger partial charge is 0.416 e. The number of hydrogen-bond donors (Lipinski definition) is 2. The largest absolute Gasteiger partial charge is 0.496 e. The third-order valence-electron chi connectivity index (χ3n) is 4.58. The van der Waals surface area contributed by atoms with Gasteiger partial charge >= 0.3 is 12.1 Å². The number of alkyl halides is 3. The van der Waals surface area contributed by atoms with Gasteiger partial charge in [0.05, 0.1) is 18.6 Å². The molecule has 0 bridgehead atoms. The fourth-order valence-electron chi connectivity index (χ4n) is 2.88. The topological polar surface area (TPSA) is 75.6 Å². The molecule has 2 N–H and O–H groups in total. The van der Waals surface area contributed by atoms with E-state index in [9.17, 15) is 27.9 Å². The molecule has 1 unspecified atom stereocenters. The van der Waals surface area contributed by atoms with E-state index in [1.165, 1.54) is 7.11 Å². The summed E-state index contributed by atoms with van der Waals surface area (Å²) in [5.41, 5.74) is 0.710. The second kappa shape index (κ2) is 9.45. The molecule has 29 heavy (non-hydrogen) atoms. The van der Waals surface area contributed by atoms with Gasteiger partial charge in [-0.15, -0.1) is 0 Å². The first-order valence-corrected chi connectivity index (χ1v) is 8.99. The summed E-state index contributed by atoms with van der Waals surface area (Å²) in [6.07, 6.45) is -3.63. The highest BCUT2D eigenvalue weighted by Crippen LogP contribution is 2.29. The molecule has 5 nitrogen and oxygen atoms in total. The summed E-state index contributed by atoms with van der Waals surface area (Å²) in [6.45, 7) is 1.88. The monoisotopic (exact) mass is 409 g/mol. The fourth-order valence-corrected chi connectivity index (χ4v) is 2.88. The summed E-state index contributed by atoms with van der Waals surface area (Å²) in [5.74, 6) is -1.40. The minimum Gasteiger partial charge on any atom is -0.496 e. The molecule has 0 aromatic heterocycles. The number of carbonyl (C=O) groups is 2. The van der Waals surface area contributed by atoms with Gasteiger partial charge in [-0.05, 0) is 48.7 Å². The summed E-state index contributed by atoms with van der Waals surface area (Å²) in [7, 11) is 1.47. The summed E-state index contributed by atoms with van der Waals surface area (Å²) in [5, 5.41) is 11.9. The summed E-state index contributed by atoms with van der Waals surface area (Å²) >= 11 is 0. The Labute approximate surface area is 166 Å². The SMILES string of the molecule is CCC(Cc1ccc(OC)c(CNC(=O)c2ccc(C(F)(F)F)cc2)c1)C(=O)O. The van der Waals surface area contributed by atoms with Crippen LogP contribution in [0, 0.1) is 5.92 Å². The number of methoxy groups -OCH3 is 1. The molecule has 0 spiro atoms. The number of hydrogen-bond acceptors (Lipinski definition) is 3. The lowest BCUT2D eigenvalue weighted by Crippen LogP contribution is -2.23. The lowest BCUT2D eigenvalue weighted by Gasteiger charge is -2.14. The van der Waals surface area contributed by atoms with Crippen LogP contribution < -0.4 is 10.1 Å². The second-order valence-corrected chi connectivity index (χ2v) is 6.55. The van der Waals surface area contributed by atoms with Gasteiger partial charge in [0.2, 0.25) is 0 Å². The van der Waals surface area contributed by atoms with E-state index in [1.807, 2.05) is 0 Å². The summed E-state index contributed by atoms with van der Waals surface area (Å²) in [4.78, 5) is 23.5. The average Bonchev–Trinajstić information content (AvgIpc) is 2.69. The Bertz CT molecular complexity index is 863. The van der Waals surface area contributed by atoms with Gasteiger partial charge in [0.15, 0.2) is 0 Å². The maximum Gasteiger partial charge on any atom is 0.416 e. The highest BCUT2D eigenvalue weighted by atomic mass is 19.4. The Hall–Kier alpha value is -3.03. The molecule has 2 aromatic carbocycles. The van der Waals surface area contributed by atoms with E-state index >= 15 is 0 Å². The molecule has 0 aliphatic carbocycles. The highest BCUT2D eigenvalue weighted by molar-refractivity contribution is 5.94. The predicted molar refractivity (Wildman–Crippen MR) is 101 cm³/mol. The van der Waals surface area contributed by atoms with Gasteiger partial charge in [0.25, 0.3) is 5.91 Å². The number of ether oxygens (including phenoxy) is 1. The van der Waals surface area contributed by atoms with Gasteiger partial charge in [-0.1, -0.05) is 19.1 Å². The van der Waals surface area contributed by atoms with Crippen LogP contribution in [0.5, 0.6) is 5.75 Å². The number of nitrogens with one attached hydrogen (secondary N) is 1. The van der Waals surface area contributed by atoms with E-state index in [-0.39, 0.29) is 12.1 Å².